The highest BCUT2D eigenvalue weighted by Crippen LogP contribution is 2.26. The summed E-state index contributed by atoms with van der Waals surface area (Å²) in [7, 11) is 0. The molecule has 4 amide bonds. The van der Waals surface area contributed by atoms with Crippen molar-refractivity contribution < 1.29 is 29.0 Å². The molecule has 2 heterocycles. The van der Waals surface area contributed by atoms with Crippen LogP contribution in [0.2, 0.25) is 0 Å². The second-order valence-corrected chi connectivity index (χ2v) is 10.3. The smallest absolute Gasteiger partial charge is 0.246 e. The number of carbonyl (C=O) groups is 4. The van der Waals surface area contributed by atoms with Gasteiger partial charge in [0.05, 0.1) is 6.10 Å². The number of β-amino-alcohol motifs (C(OH)–C–C–N with tert-alkyl or cyclic N) is 1. The molecule has 0 aliphatic carbocycles. The highest BCUT2D eigenvalue weighted by Gasteiger charge is 2.44. The average Bonchev–Trinajstić information content (AvgIpc) is 3.34. The number of nitrogens with zero attached hydrogens (tertiary/aromatic N) is 1. The first kappa shape index (κ1) is 28.3. The van der Waals surface area contributed by atoms with Gasteiger partial charge in [-0.15, -0.1) is 0 Å². The number of aliphatic hydroxyl groups is 1. The van der Waals surface area contributed by atoms with Crippen molar-refractivity contribution in [2.45, 2.75) is 56.8 Å². The number of benzene rings is 2. The maximum absolute atomic E-state index is 13.6. The third-order valence-electron chi connectivity index (χ3n) is 7.39. The van der Waals surface area contributed by atoms with Gasteiger partial charge in [0.2, 0.25) is 23.6 Å². The van der Waals surface area contributed by atoms with Crippen LogP contribution in [0.15, 0.2) is 54.6 Å². The summed E-state index contributed by atoms with van der Waals surface area (Å²) in [5, 5.41) is 15.8. The van der Waals surface area contributed by atoms with Crippen LogP contribution >= 0.6 is 0 Å². The maximum atomic E-state index is 13.6. The van der Waals surface area contributed by atoms with Crippen LogP contribution < -0.4 is 16.4 Å². The Kier molecular flexibility index (Phi) is 9.32. The standard InChI is InChI=1S/C29H36N4O6/c1-18(34)31-26(22-11-13-39-14-12-22)29(38)33-17-23(35)16-25(33)28(37)32-24(27(30)36)15-19-7-9-21(10-8-19)20-5-3-2-4-6-20/h2-10,22-26,35H,11-17H2,1H3,(H2,30,36)(H,31,34)(H,32,37)/t23-,24-,25+,26+/m1/s1. The van der Waals surface area contributed by atoms with E-state index in [1.54, 1.807) is 0 Å². The molecule has 2 fully saturated rings. The third-order valence-corrected chi connectivity index (χ3v) is 7.39. The molecule has 39 heavy (non-hydrogen) atoms. The van der Waals surface area contributed by atoms with E-state index in [1.807, 2.05) is 54.6 Å². The molecule has 0 spiro atoms. The zero-order chi connectivity index (χ0) is 27.9. The SMILES string of the molecule is CC(=O)N[C@H](C(=O)N1C[C@H](O)C[C@H]1C(=O)N[C@H](Cc1ccc(-c2ccccc2)cc1)C(N)=O)C1CCOCC1. The predicted octanol–water partition coefficient (Wildman–Crippen LogP) is 0.759. The van der Waals surface area contributed by atoms with Crippen LogP contribution in [-0.4, -0.2) is 77.6 Å². The lowest BCUT2D eigenvalue weighted by molar-refractivity contribution is -0.144. The summed E-state index contributed by atoms with van der Waals surface area (Å²) >= 11 is 0. The van der Waals surface area contributed by atoms with Gasteiger partial charge < -0.3 is 31.1 Å². The van der Waals surface area contributed by atoms with Crippen LogP contribution in [0.5, 0.6) is 0 Å². The zero-order valence-corrected chi connectivity index (χ0v) is 22.0. The number of amides is 4. The van der Waals surface area contributed by atoms with E-state index >= 15 is 0 Å². The van der Waals surface area contributed by atoms with E-state index in [2.05, 4.69) is 10.6 Å². The van der Waals surface area contributed by atoms with Crippen molar-refractivity contribution in [3.05, 3.63) is 60.2 Å². The summed E-state index contributed by atoms with van der Waals surface area (Å²) in [5.74, 6) is -2.20. The van der Waals surface area contributed by atoms with Crippen LogP contribution in [-0.2, 0) is 30.3 Å². The molecule has 0 radical (unpaired) electrons. The zero-order valence-electron chi connectivity index (χ0n) is 22.0. The number of aliphatic hydroxyl groups excluding tert-OH is 1. The molecule has 0 aromatic heterocycles. The maximum Gasteiger partial charge on any atom is 0.246 e. The normalized spacial score (nSPS) is 21.1. The molecule has 2 aliphatic heterocycles. The lowest BCUT2D eigenvalue weighted by Gasteiger charge is -2.34. The second-order valence-electron chi connectivity index (χ2n) is 10.3. The summed E-state index contributed by atoms with van der Waals surface area (Å²) in [6, 6.07) is 14.7. The second kappa shape index (κ2) is 12.9. The van der Waals surface area contributed by atoms with E-state index in [1.165, 1.54) is 11.8 Å². The topological polar surface area (TPSA) is 151 Å². The number of likely N-dealkylation sites (tertiary alicyclic amines) is 1. The molecule has 0 bridgehead atoms. The van der Waals surface area contributed by atoms with Crippen LogP contribution in [0, 0.1) is 5.92 Å². The number of primary amides is 1. The van der Waals surface area contributed by atoms with Gasteiger partial charge >= 0.3 is 0 Å². The summed E-state index contributed by atoms with van der Waals surface area (Å²) in [6.07, 6.45) is 0.480. The third kappa shape index (κ3) is 7.21. The van der Waals surface area contributed by atoms with Crippen LogP contribution in [0.25, 0.3) is 11.1 Å². The molecule has 4 rings (SSSR count). The Morgan fingerprint density at radius 1 is 1.00 bits per heavy atom. The van der Waals surface area contributed by atoms with E-state index in [0.29, 0.717) is 26.1 Å². The summed E-state index contributed by atoms with van der Waals surface area (Å²) in [5.41, 5.74) is 8.52. The first-order valence-electron chi connectivity index (χ1n) is 13.3. The van der Waals surface area contributed by atoms with E-state index in [0.717, 1.165) is 16.7 Å². The number of nitrogens with one attached hydrogen (secondary N) is 2. The van der Waals surface area contributed by atoms with Gasteiger partial charge in [0.25, 0.3) is 0 Å². The van der Waals surface area contributed by atoms with Crippen LogP contribution in [0.1, 0.15) is 31.7 Å². The largest absolute Gasteiger partial charge is 0.391 e. The molecule has 4 atom stereocenters. The van der Waals surface area contributed by atoms with Gasteiger partial charge in [0.15, 0.2) is 0 Å². The van der Waals surface area contributed by atoms with Gasteiger partial charge in [-0.1, -0.05) is 54.6 Å². The van der Waals surface area contributed by atoms with Crippen molar-refractivity contribution in [3.63, 3.8) is 0 Å². The Bertz CT molecular complexity index is 1170. The minimum atomic E-state index is -1.00. The Morgan fingerprint density at radius 3 is 2.26 bits per heavy atom. The first-order chi connectivity index (χ1) is 18.7. The van der Waals surface area contributed by atoms with Crippen molar-refractivity contribution >= 4 is 23.6 Å². The fourth-order valence-electron chi connectivity index (χ4n) is 5.32. The molecule has 2 aromatic carbocycles. The Labute approximate surface area is 227 Å². The number of nitrogens with two attached hydrogens (primary N) is 1. The number of carbonyl (C=O) groups excluding carboxylic acids is 4. The molecular weight excluding hydrogens is 500 g/mol. The van der Waals surface area contributed by atoms with Crippen LogP contribution in [0.3, 0.4) is 0 Å². The molecule has 0 saturated carbocycles. The Morgan fingerprint density at radius 2 is 1.64 bits per heavy atom. The lowest BCUT2D eigenvalue weighted by Crippen LogP contribution is -2.58. The van der Waals surface area contributed by atoms with Crippen molar-refractivity contribution in [1.29, 1.82) is 0 Å². The molecule has 10 nitrogen and oxygen atoms in total. The predicted molar refractivity (Wildman–Crippen MR) is 144 cm³/mol. The van der Waals surface area contributed by atoms with Gasteiger partial charge in [-0.05, 0) is 35.4 Å². The van der Waals surface area contributed by atoms with Gasteiger partial charge in [0.1, 0.15) is 18.1 Å². The van der Waals surface area contributed by atoms with Gasteiger partial charge in [-0.2, -0.15) is 0 Å². The Hall–Kier alpha value is -3.76. The number of hydrogen-bond acceptors (Lipinski definition) is 6. The summed E-state index contributed by atoms with van der Waals surface area (Å²) in [4.78, 5) is 52.4. The first-order valence-corrected chi connectivity index (χ1v) is 13.3. The monoisotopic (exact) mass is 536 g/mol. The molecule has 2 aliphatic rings. The highest BCUT2D eigenvalue weighted by atomic mass is 16.5. The molecule has 208 valence electrons. The van der Waals surface area contributed by atoms with Crippen molar-refractivity contribution in [2.75, 3.05) is 19.8 Å². The molecule has 2 aromatic rings. The van der Waals surface area contributed by atoms with E-state index in [4.69, 9.17) is 10.5 Å². The molecule has 5 N–H and O–H groups in total. The molecule has 2 saturated heterocycles. The van der Waals surface area contributed by atoms with E-state index in [9.17, 15) is 24.3 Å². The van der Waals surface area contributed by atoms with E-state index in [-0.39, 0.29) is 31.2 Å². The minimum Gasteiger partial charge on any atom is -0.391 e. The van der Waals surface area contributed by atoms with Gasteiger partial charge in [-0.3, -0.25) is 19.2 Å². The van der Waals surface area contributed by atoms with Crippen molar-refractivity contribution in [1.82, 2.24) is 15.5 Å². The quantitative estimate of drug-likeness (QED) is 0.372. The number of ether oxygens (including phenoxy) is 1. The Balaban J connectivity index is 1.45. The minimum absolute atomic E-state index is 0.0232. The number of hydrogen-bond donors (Lipinski definition) is 4. The fourth-order valence-corrected chi connectivity index (χ4v) is 5.32. The fraction of sp³-hybridized carbons (Fsp3) is 0.448. The van der Waals surface area contributed by atoms with Crippen LogP contribution in [0.4, 0.5) is 0 Å². The summed E-state index contributed by atoms with van der Waals surface area (Å²) in [6.45, 7) is 2.26. The average molecular weight is 537 g/mol. The molecule has 10 heteroatoms. The van der Waals surface area contributed by atoms with E-state index < -0.39 is 42.0 Å². The molecular formula is C29H36N4O6. The lowest BCUT2D eigenvalue weighted by atomic mass is 9.90. The highest BCUT2D eigenvalue weighted by molar-refractivity contribution is 5.94. The summed E-state index contributed by atoms with van der Waals surface area (Å²) < 4.78 is 5.39. The van der Waals surface area contributed by atoms with Gasteiger partial charge in [-0.25, -0.2) is 0 Å². The molecule has 0 unspecified atom stereocenters. The van der Waals surface area contributed by atoms with Crippen molar-refractivity contribution in [3.8, 4) is 11.1 Å². The van der Waals surface area contributed by atoms with Gasteiger partial charge in [0, 0.05) is 39.5 Å². The van der Waals surface area contributed by atoms with Crippen molar-refractivity contribution in [2.24, 2.45) is 11.7 Å². The number of rotatable bonds is 9.